The fourth-order valence-electron chi connectivity index (χ4n) is 2.16. The van der Waals surface area contributed by atoms with E-state index in [0.717, 1.165) is 6.08 Å². The van der Waals surface area contributed by atoms with Crippen molar-refractivity contribution in [1.29, 1.82) is 0 Å². The molecule has 0 bridgehead atoms. The van der Waals surface area contributed by atoms with Crippen LogP contribution in [-0.4, -0.2) is 32.7 Å². The van der Waals surface area contributed by atoms with Crippen LogP contribution in [0.4, 0.5) is 0 Å². The van der Waals surface area contributed by atoms with Gasteiger partial charge in [-0.2, -0.15) is 0 Å². The van der Waals surface area contributed by atoms with Gasteiger partial charge in [-0.3, -0.25) is 4.79 Å². The number of hydrogen-bond acceptors (Lipinski definition) is 4. The van der Waals surface area contributed by atoms with Crippen LogP contribution in [0, 0.1) is 0 Å². The third-order valence-corrected chi connectivity index (χ3v) is 3.37. The molecule has 0 spiro atoms. The lowest BCUT2D eigenvalue weighted by atomic mass is 9.85. The average Bonchev–Trinajstić information content (AvgIpc) is 2.52. The Morgan fingerprint density at radius 1 is 1.13 bits per heavy atom. The smallest absolute Gasteiger partial charge is 0.328 e. The maximum absolute atomic E-state index is 12.3. The van der Waals surface area contributed by atoms with Gasteiger partial charge in [-0.05, 0) is 29.9 Å². The Kier molecular flexibility index (Phi) is 4.93. The zero-order valence-electron chi connectivity index (χ0n) is 12.2. The van der Waals surface area contributed by atoms with Crippen LogP contribution >= 0.6 is 0 Å². The number of carboxylic acids is 1. The molecule has 2 rings (SSSR count). The van der Waals surface area contributed by atoms with E-state index in [1.165, 1.54) is 36.4 Å². The quantitative estimate of drug-likeness (QED) is 0.725. The number of benzene rings is 1. The van der Waals surface area contributed by atoms with E-state index in [1.807, 2.05) is 0 Å². The number of rotatable bonds is 5. The lowest BCUT2D eigenvalue weighted by Gasteiger charge is -2.24. The number of ketones is 1. The second-order valence-corrected chi connectivity index (χ2v) is 5.13. The van der Waals surface area contributed by atoms with Crippen molar-refractivity contribution in [3.8, 4) is 5.75 Å². The fraction of sp³-hybridized carbons (Fsp3) is 0.111. The molecule has 23 heavy (non-hydrogen) atoms. The van der Waals surface area contributed by atoms with Gasteiger partial charge in [-0.1, -0.05) is 36.4 Å². The Morgan fingerprint density at radius 3 is 2.57 bits per heavy atom. The molecule has 5 nitrogen and oxygen atoms in total. The number of phenols is 1. The molecule has 3 N–H and O–H groups in total. The van der Waals surface area contributed by atoms with Crippen LogP contribution < -0.4 is 0 Å². The normalized spacial score (nSPS) is 20.8. The number of allylic oxidation sites excluding steroid dienone is 3. The van der Waals surface area contributed by atoms with Gasteiger partial charge in [0.1, 0.15) is 11.4 Å². The summed E-state index contributed by atoms with van der Waals surface area (Å²) >= 11 is 0. The Hall–Kier alpha value is -2.92. The molecule has 1 aromatic rings. The number of carbonyl (C=O) groups excluding carboxylic acids is 1. The highest BCUT2D eigenvalue weighted by atomic mass is 16.4. The number of carboxylic acid groups (broad SMARTS) is 1. The first-order valence-electron chi connectivity index (χ1n) is 6.93. The highest BCUT2D eigenvalue weighted by Gasteiger charge is 2.33. The highest BCUT2D eigenvalue weighted by molar-refractivity contribution is 6.02. The first kappa shape index (κ1) is 16.5. The third-order valence-electron chi connectivity index (χ3n) is 3.37. The fourth-order valence-corrected chi connectivity index (χ4v) is 2.16. The number of carbonyl (C=O) groups is 2. The van der Waals surface area contributed by atoms with E-state index in [0.29, 0.717) is 11.1 Å². The Balaban J connectivity index is 2.13. The van der Waals surface area contributed by atoms with Gasteiger partial charge in [0.15, 0.2) is 5.78 Å². The summed E-state index contributed by atoms with van der Waals surface area (Å²) in [6.45, 7) is 0. The summed E-state index contributed by atoms with van der Waals surface area (Å²) in [6.07, 6.45) is 9.41. The summed E-state index contributed by atoms with van der Waals surface area (Å²) in [6, 6.07) is 6.52. The van der Waals surface area contributed by atoms with Gasteiger partial charge in [0.05, 0.1) is 0 Å². The van der Waals surface area contributed by atoms with Crippen LogP contribution in [0.1, 0.15) is 12.0 Å². The molecule has 0 saturated heterocycles. The summed E-state index contributed by atoms with van der Waals surface area (Å²) in [5, 5.41) is 28.7. The van der Waals surface area contributed by atoms with Gasteiger partial charge >= 0.3 is 5.97 Å². The molecule has 0 saturated carbocycles. The minimum Gasteiger partial charge on any atom is -0.507 e. The van der Waals surface area contributed by atoms with Crippen molar-refractivity contribution < 1.29 is 24.9 Å². The maximum Gasteiger partial charge on any atom is 0.328 e. The molecule has 0 aliphatic heterocycles. The number of phenolic OH excluding ortho intramolecular Hbond substituents is 1. The van der Waals surface area contributed by atoms with E-state index < -0.39 is 17.4 Å². The summed E-state index contributed by atoms with van der Waals surface area (Å²) < 4.78 is 0. The maximum atomic E-state index is 12.3. The van der Waals surface area contributed by atoms with Gasteiger partial charge in [-0.25, -0.2) is 4.79 Å². The van der Waals surface area contributed by atoms with Gasteiger partial charge in [0, 0.05) is 18.1 Å². The monoisotopic (exact) mass is 312 g/mol. The molecule has 0 aromatic heterocycles. The van der Waals surface area contributed by atoms with Gasteiger partial charge < -0.3 is 15.3 Å². The number of aliphatic carboxylic acids is 1. The zero-order chi connectivity index (χ0) is 16.9. The molecule has 1 atom stereocenters. The zero-order valence-corrected chi connectivity index (χ0v) is 12.2. The minimum atomic E-state index is -1.73. The van der Waals surface area contributed by atoms with Crippen molar-refractivity contribution in [2.45, 2.75) is 12.0 Å². The van der Waals surface area contributed by atoms with Crippen LogP contribution in [0.2, 0.25) is 0 Å². The molecule has 5 heteroatoms. The van der Waals surface area contributed by atoms with E-state index in [4.69, 9.17) is 5.11 Å². The number of aliphatic hydroxyl groups is 1. The molecule has 0 fully saturated rings. The van der Waals surface area contributed by atoms with Crippen molar-refractivity contribution in [2.24, 2.45) is 0 Å². The molecule has 1 unspecified atom stereocenters. The van der Waals surface area contributed by atoms with Crippen molar-refractivity contribution >= 4 is 17.8 Å². The molecule has 118 valence electrons. The Labute approximate surface area is 133 Å². The topological polar surface area (TPSA) is 94.8 Å². The van der Waals surface area contributed by atoms with Crippen LogP contribution in [0.3, 0.4) is 0 Å². The Bertz CT molecular complexity index is 740. The Morgan fingerprint density at radius 2 is 1.87 bits per heavy atom. The lowest BCUT2D eigenvalue weighted by Crippen LogP contribution is -2.36. The minimum absolute atomic E-state index is 0.0166. The summed E-state index contributed by atoms with van der Waals surface area (Å²) in [5.41, 5.74) is -0.735. The van der Waals surface area contributed by atoms with Crippen molar-refractivity contribution in [1.82, 2.24) is 0 Å². The molecule has 0 heterocycles. The second kappa shape index (κ2) is 6.89. The van der Waals surface area contributed by atoms with Gasteiger partial charge in [-0.15, -0.1) is 0 Å². The van der Waals surface area contributed by atoms with Gasteiger partial charge in [0.25, 0.3) is 0 Å². The van der Waals surface area contributed by atoms with E-state index in [1.54, 1.807) is 24.3 Å². The molecule has 0 amide bonds. The van der Waals surface area contributed by atoms with Crippen molar-refractivity contribution in [3.63, 3.8) is 0 Å². The van der Waals surface area contributed by atoms with E-state index in [-0.39, 0.29) is 12.2 Å². The van der Waals surface area contributed by atoms with Crippen LogP contribution in [-0.2, 0) is 9.59 Å². The summed E-state index contributed by atoms with van der Waals surface area (Å²) in [5.74, 6) is -1.62. The number of para-hydroxylation sites is 1. The van der Waals surface area contributed by atoms with E-state index >= 15 is 0 Å². The highest BCUT2D eigenvalue weighted by Crippen LogP contribution is 2.26. The third kappa shape index (κ3) is 4.28. The summed E-state index contributed by atoms with van der Waals surface area (Å²) in [4.78, 5) is 22.8. The SMILES string of the molecule is O=C(O)/C=C/C1=CC=CC(O)(C(=O)/C=C/c2ccccc2O)C1. The molecular formula is C18H16O5. The largest absolute Gasteiger partial charge is 0.507 e. The van der Waals surface area contributed by atoms with Crippen LogP contribution in [0.5, 0.6) is 5.75 Å². The average molecular weight is 312 g/mol. The standard InChI is InChI=1S/C18H16O5/c19-15-6-2-1-5-14(15)8-9-16(20)18(23)11-3-4-13(12-18)7-10-17(21)22/h1-11,19,23H,12H2,(H,21,22)/b9-8+,10-7+. The predicted molar refractivity (Wildman–Crippen MR) is 85.7 cm³/mol. The lowest BCUT2D eigenvalue weighted by molar-refractivity contribution is -0.131. The van der Waals surface area contributed by atoms with Crippen LogP contribution in [0.25, 0.3) is 6.08 Å². The molecule has 1 aliphatic rings. The number of aromatic hydroxyl groups is 1. The van der Waals surface area contributed by atoms with E-state index in [9.17, 15) is 19.8 Å². The van der Waals surface area contributed by atoms with Crippen LogP contribution in [0.15, 0.2) is 66.3 Å². The molecule has 0 radical (unpaired) electrons. The number of hydrogen-bond donors (Lipinski definition) is 3. The van der Waals surface area contributed by atoms with Gasteiger partial charge in [0.2, 0.25) is 0 Å². The molecular weight excluding hydrogens is 296 g/mol. The second-order valence-electron chi connectivity index (χ2n) is 5.13. The molecule has 1 aromatic carbocycles. The van der Waals surface area contributed by atoms with Crippen molar-refractivity contribution in [2.75, 3.05) is 0 Å². The van der Waals surface area contributed by atoms with Crippen molar-refractivity contribution in [3.05, 3.63) is 71.9 Å². The summed E-state index contributed by atoms with van der Waals surface area (Å²) in [7, 11) is 0. The predicted octanol–water partition coefficient (Wildman–Crippen LogP) is 2.23. The first-order chi connectivity index (χ1) is 10.9. The van der Waals surface area contributed by atoms with E-state index in [2.05, 4.69) is 0 Å². The molecule has 1 aliphatic carbocycles. The first-order valence-corrected chi connectivity index (χ1v) is 6.93.